The topological polar surface area (TPSA) is 66.0 Å². The molecule has 0 unspecified atom stereocenters. The van der Waals surface area contributed by atoms with E-state index < -0.39 is 0 Å². The van der Waals surface area contributed by atoms with Crippen molar-refractivity contribution in [2.45, 2.75) is 0 Å². The van der Waals surface area contributed by atoms with Gasteiger partial charge in [0.25, 0.3) is 0 Å². The van der Waals surface area contributed by atoms with Crippen LogP contribution in [0, 0.1) is 0 Å². The van der Waals surface area contributed by atoms with Gasteiger partial charge in [-0.3, -0.25) is 0 Å². The van der Waals surface area contributed by atoms with Gasteiger partial charge in [0.15, 0.2) is 0 Å². The quantitative estimate of drug-likeness (QED) is 0.876. The molecule has 106 valence electrons. The van der Waals surface area contributed by atoms with Crippen LogP contribution in [-0.2, 0) is 0 Å². The summed E-state index contributed by atoms with van der Waals surface area (Å²) < 4.78 is 0.763. The largest absolute Gasteiger partial charge is 0.357 e. The van der Waals surface area contributed by atoms with E-state index in [1.165, 1.54) is 0 Å². The van der Waals surface area contributed by atoms with Crippen molar-refractivity contribution in [3.63, 3.8) is 0 Å². The van der Waals surface area contributed by atoms with Crippen LogP contribution in [0.25, 0.3) is 0 Å². The van der Waals surface area contributed by atoms with Crippen molar-refractivity contribution in [3.8, 4) is 0 Å². The maximum atomic E-state index is 6.06. The lowest BCUT2D eigenvalue weighted by Gasteiger charge is -2.14. The Morgan fingerprint density at radius 1 is 1.15 bits per heavy atom. The van der Waals surface area contributed by atoms with Crippen molar-refractivity contribution in [1.29, 1.82) is 0 Å². The molecule has 0 spiro atoms. The average Bonchev–Trinajstić information content (AvgIpc) is 2.43. The molecule has 20 heavy (non-hydrogen) atoms. The summed E-state index contributed by atoms with van der Waals surface area (Å²) in [6.07, 6.45) is 0. The molecule has 0 saturated carbocycles. The van der Waals surface area contributed by atoms with Crippen LogP contribution >= 0.6 is 27.5 Å². The number of rotatable bonds is 4. The van der Waals surface area contributed by atoms with E-state index in [1.54, 1.807) is 18.0 Å². The van der Waals surface area contributed by atoms with Crippen LogP contribution in [0.5, 0.6) is 0 Å². The lowest BCUT2D eigenvalue weighted by molar-refractivity contribution is 0.963. The standard InChI is InChI=1S/C12H14BrClN6/c1-15-10-17-11(19-12(18-10)20(2)3)16-8-6-4-5-7(14)9(8)13/h4-6H,1-3H3,(H2,15,16,17,18,19). The van der Waals surface area contributed by atoms with E-state index in [9.17, 15) is 0 Å². The highest BCUT2D eigenvalue weighted by Crippen LogP contribution is 2.31. The minimum atomic E-state index is 0.441. The van der Waals surface area contributed by atoms with Gasteiger partial charge in [-0.15, -0.1) is 0 Å². The lowest BCUT2D eigenvalue weighted by Crippen LogP contribution is -2.15. The van der Waals surface area contributed by atoms with Crippen molar-refractivity contribution >= 4 is 51.1 Å². The second kappa shape index (κ2) is 6.23. The first kappa shape index (κ1) is 14.8. The number of anilines is 4. The van der Waals surface area contributed by atoms with E-state index in [0.717, 1.165) is 10.2 Å². The minimum absolute atomic E-state index is 0.441. The molecule has 1 aromatic heterocycles. The summed E-state index contributed by atoms with van der Waals surface area (Å²) in [5, 5.41) is 6.65. The zero-order chi connectivity index (χ0) is 14.7. The van der Waals surface area contributed by atoms with E-state index in [4.69, 9.17) is 11.6 Å². The van der Waals surface area contributed by atoms with E-state index in [-0.39, 0.29) is 0 Å². The first-order chi connectivity index (χ1) is 9.51. The Morgan fingerprint density at radius 3 is 2.50 bits per heavy atom. The first-order valence-corrected chi connectivity index (χ1v) is 7.00. The highest BCUT2D eigenvalue weighted by molar-refractivity contribution is 9.10. The molecule has 1 aromatic carbocycles. The fourth-order valence-corrected chi connectivity index (χ4v) is 1.99. The SMILES string of the molecule is CNc1nc(Nc2cccc(Cl)c2Br)nc(N(C)C)n1. The van der Waals surface area contributed by atoms with Gasteiger partial charge in [-0.05, 0) is 28.1 Å². The smallest absolute Gasteiger partial charge is 0.233 e. The second-order valence-corrected chi connectivity index (χ2v) is 5.35. The third-order valence-corrected chi connectivity index (χ3v) is 3.84. The van der Waals surface area contributed by atoms with Crippen LogP contribution in [0.3, 0.4) is 0 Å². The zero-order valence-corrected chi connectivity index (χ0v) is 13.6. The Labute approximate surface area is 130 Å². The number of aromatic nitrogens is 3. The molecule has 0 fully saturated rings. The molecule has 0 aliphatic heterocycles. The maximum absolute atomic E-state index is 6.06. The Bertz CT molecular complexity index is 619. The lowest BCUT2D eigenvalue weighted by atomic mass is 10.3. The molecule has 0 amide bonds. The van der Waals surface area contributed by atoms with Gasteiger partial charge in [0.1, 0.15) is 0 Å². The Kier molecular flexibility index (Phi) is 4.61. The van der Waals surface area contributed by atoms with Crippen molar-refractivity contribution in [2.75, 3.05) is 36.7 Å². The third-order valence-electron chi connectivity index (χ3n) is 2.45. The number of hydrogen-bond donors (Lipinski definition) is 2. The molecule has 2 N–H and O–H groups in total. The number of nitrogens with one attached hydrogen (secondary N) is 2. The predicted molar refractivity (Wildman–Crippen MR) is 86.1 cm³/mol. The fourth-order valence-electron chi connectivity index (χ4n) is 1.45. The average molecular weight is 358 g/mol. The molecule has 0 atom stereocenters. The van der Waals surface area contributed by atoms with Crippen molar-refractivity contribution in [1.82, 2.24) is 15.0 Å². The summed E-state index contributed by atoms with van der Waals surface area (Å²) in [6, 6.07) is 5.53. The summed E-state index contributed by atoms with van der Waals surface area (Å²) in [7, 11) is 5.50. The molecule has 0 radical (unpaired) electrons. The normalized spacial score (nSPS) is 10.2. The van der Waals surface area contributed by atoms with Crippen LogP contribution in [0.15, 0.2) is 22.7 Å². The summed E-state index contributed by atoms with van der Waals surface area (Å²) in [6.45, 7) is 0. The molecule has 8 heteroatoms. The molecule has 0 saturated heterocycles. The molecule has 0 aliphatic rings. The number of benzene rings is 1. The van der Waals surface area contributed by atoms with E-state index in [2.05, 4.69) is 41.5 Å². The van der Waals surface area contributed by atoms with Crippen LogP contribution < -0.4 is 15.5 Å². The molecule has 2 aromatic rings. The van der Waals surface area contributed by atoms with Crippen molar-refractivity contribution < 1.29 is 0 Å². The fraction of sp³-hybridized carbons (Fsp3) is 0.250. The Hall–Kier alpha value is -1.60. The van der Waals surface area contributed by atoms with Crippen molar-refractivity contribution in [2.24, 2.45) is 0 Å². The van der Waals surface area contributed by atoms with Gasteiger partial charge in [0, 0.05) is 21.1 Å². The second-order valence-electron chi connectivity index (χ2n) is 4.15. The number of nitrogens with zero attached hydrogens (tertiary/aromatic N) is 4. The minimum Gasteiger partial charge on any atom is -0.357 e. The third kappa shape index (κ3) is 3.29. The molecular weight excluding hydrogens is 344 g/mol. The van der Waals surface area contributed by atoms with Gasteiger partial charge >= 0.3 is 0 Å². The van der Waals surface area contributed by atoms with Crippen LogP contribution in [0.4, 0.5) is 23.5 Å². The van der Waals surface area contributed by atoms with E-state index in [0.29, 0.717) is 22.9 Å². The molecule has 0 bridgehead atoms. The number of hydrogen-bond acceptors (Lipinski definition) is 6. The molecule has 0 aliphatic carbocycles. The summed E-state index contributed by atoms with van der Waals surface area (Å²) >= 11 is 9.49. The summed E-state index contributed by atoms with van der Waals surface area (Å²) in [5.41, 5.74) is 0.787. The first-order valence-electron chi connectivity index (χ1n) is 5.83. The van der Waals surface area contributed by atoms with Gasteiger partial charge in [0.05, 0.1) is 15.2 Å². The van der Waals surface area contributed by atoms with Gasteiger partial charge in [0.2, 0.25) is 17.8 Å². The molecule has 1 heterocycles. The molecule has 2 rings (SSSR count). The molecular formula is C12H14BrClN6. The van der Waals surface area contributed by atoms with Crippen molar-refractivity contribution in [3.05, 3.63) is 27.7 Å². The van der Waals surface area contributed by atoms with Gasteiger partial charge in [-0.25, -0.2) is 0 Å². The predicted octanol–water partition coefficient (Wildman–Crippen LogP) is 3.14. The Morgan fingerprint density at radius 2 is 1.85 bits per heavy atom. The highest BCUT2D eigenvalue weighted by atomic mass is 79.9. The number of halogens is 2. The van der Waals surface area contributed by atoms with Gasteiger partial charge < -0.3 is 15.5 Å². The molecule has 6 nitrogen and oxygen atoms in total. The summed E-state index contributed by atoms with van der Waals surface area (Å²) in [5.74, 6) is 1.49. The monoisotopic (exact) mass is 356 g/mol. The maximum Gasteiger partial charge on any atom is 0.233 e. The van der Waals surface area contributed by atoms with E-state index in [1.807, 2.05) is 26.2 Å². The van der Waals surface area contributed by atoms with Gasteiger partial charge in [-0.1, -0.05) is 17.7 Å². The zero-order valence-electron chi connectivity index (χ0n) is 11.3. The summed E-state index contributed by atoms with van der Waals surface area (Å²) in [4.78, 5) is 14.7. The Balaban J connectivity index is 2.37. The van der Waals surface area contributed by atoms with Gasteiger partial charge in [-0.2, -0.15) is 15.0 Å². The van der Waals surface area contributed by atoms with Crippen LogP contribution in [0.1, 0.15) is 0 Å². The van der Waals surface area contributed by atoms with Crippen LogP contribution in [-0.4, -0.2) is 36.1 Å². The highest BCUT2D eigenvalue weighted by Gasteiger charge is 2.10. The van der Waals surface area contributed by atoms with Crippen LogP contribution in [0.2, 0.25) is 5.02 Å². The van der Waals surface area contributed by atoms with E-state index >= 15 is 0 Å².